The van der Waals surface area contributed by atoms with Gasteiger partial charge in [-0.25, -0.2) is 0 Å². The standard InChI is InChI=1S/C18H28N2O/c1-3-19-17-13-9-8-12-16(17)18(21)20-14(2)15-10-6-4-5-7-11-15/h8-9,12-15,19H,3-7,10-11H2,1-2H3,(H,20,21)/t14-/m1/s1. The summed E-state index contributed by atoms with van der Waals surface area (Å²) < 4.78 is 0. The maximum absolute atomic E-state index is 12.5. The lowest BCUT2D eigenvalue weighted by Gasteiger charge is -2.24. The minimum Gasteiger partial charge on any atom is -0.385 e. The molecule has 1 saturated carbocycles. The summed E-state index contributed by atoms with van der Waals surface area (Å²) in [6, 6.07) is 8.00. The molecule has 1 aliphatic rings. The molecule has 0 saturated heterocycles. The Morgan fingerprint density at radius 3 is 2.52 bits per heavy atom. The first-order valence-corrected chi connectivity index (χ1v) is 8.36. The van der Waals surface area contributed by atoms with Gasteiger partial charge in [0.1, 0.15) is 0 Å². The molecule has 116 valence electrons. The van der Waals surface area contributed by atoms with Crippen molar-refractivity contribution >= 4 is 11.6 Å². The Labute approximate surface area is 128 Å². The van der Waals surface area contributed by atoms with Gasteiger partial charge in [-0.05, 0) is 44.7 Å². The summed E-state index contributed by atoms with van der Waals surface area (Å²) in [5, 5.41) is 6.47. The zero-order valence-corrected chi connectivity index (χ0v) is 13.3. The number of carbonyl (C=O) groups is 1. The predicted molar refractivity (Wildman–Crippen MR) is 88.7 cm³/mol. The third-order valence-electron chi connectivity index (χ3n) is 4.50. The minimum atomic E-state index is 0.0447. The average molecular weight is 288 g/mol. The Bertz CT molecular complexity index is 450. The highest BCUT2D eigenvalue weighted by Crippen LogP contribution is 2.26. The van der Waals surface area contributed by atoms with Crippen LogP contribution in [0.2, 0.25) is 0 Å². The Morgan fingerprint density at radius 1 is 1.19 bits per heavy atom. The van der Waals surface area contributed by atoms with Crippen molar-refractivity contribution < 1.29 is 4.79 Å². The summed E-state index contributed by atoms with van der Waals surface area (Å²) in [7, 11) is 0. The van der Waals surface area contributed by atoms with Gasteiger partial charge in [0.2, 0.25) is 0 Å². The van der Waals surface area contributed by atoms with Crippen molar-refractivity contribution in [3.05, 3.63) is 29.8 Å². The molecule has 3 nitrogen and oxygen atoms in total. The molecule has 1 fully saturated rings. The van der Waals surface area contributed by atoms with Gasteiger partial charge >= 0.3 is 0 Å². The van der Waals surface area contributed by atoms with Crippen LogP contribution in [0.5, 0.6) is 0 Å². The van der Waals surface area contributed by atoms with Gasteiger partial charge in [0, 0.05) is 18.3 Å². The van der Waals surface area contributed by atoms with Crippen molar-refractivity contribution in [3.8, 4) is 0 Å². The van der Waals surface area contributed by atoms with Crippen molar-refractivity contribution in [1.82, 2.24) is 5.32 Å². The van der Waals surface area contributed by atoms with Crippen LogP contribution in [0.1, 0.15) is 62.7 Å². The van der Waals surface area contributed by atoms with E-state index in [0.29, 0.717) is 5.92 Å². The van der Waals surface area contributed by atoms with Crippen LogP contribution in [0.4, 0.5) is 5.69 Å². The van der Waals surface area contributed by atoms with E-state index in [2.05, 4.69) is 17.6 Å². The normalized spacial score (nSPS) is 17.8. The van der Waals surface area contributed by atoms with Gasteiger partial charge in [-0.1, -0.05) is 37.8 Å². The van der Waals surface area contributed by atoms with E-state index in [0.717, 1.165) is 17.8 Å². The number of rotatable bonds is 5. The number of hydrogen-bond acceptors (Lipinski definition) is 2. The lowest BCUT2D eigenvalue weighted by Crippen LogP contribution is -2.38. The van der Waals surface area contributed by atoms with Crippen molar-refractivity contribution in [2.24, 2.45) is 5.92 Å². The summed E-state index contributed by atoms with van der Waals surface area (Å²) >= 11 is 0. The number of hydrogen-bond donors (Lipinski definition) is 2. The van der Waals surface area contributed by atoms with E-state index >= 15 is 0 Å². The van der Waals surface area contributed by atoms with Crippen LogP contribution >= 0.6 is 0 Å². The number of anilines is 1. The Balaban J connectivity index is 2.00. The second-order valence-electron chi connectivity index (χ2n) is 6.09. The fourth-order valence-corrected chi connectivity index (χ4v) is 3.24. The molecule has 0 unspecified atom stereocenters. The number of carbonyl (C=O) groups excluding carboxylic acids is 1. The predicted octanol–water partition coefficient (Wildman–Crippen LogP) is 4.21. The van der Waals surface area contributed by atoms with Gasteiger partial charge in [-0.2, -0.15) is 0 Å². The van der Waals surface area contributed by atoms with E-state index in [1.165, 1.54) is 38.5 Å². The lowest BCUT2D eigenvalue weighted by atomic mass is 9.93. The van der Waals surface area contributed by atoms with Gasteiger partial charge in [0.25, 0.3) is 5.91 Å². The number of amides is 1. The van der Waals surface area contributed by atoms with E-state index in [1.54, 1.807) is 0 Å². The zero-order valence-electron chi connectivity index (χ0n) is 13.3. The number of para-hydroxylation sites is 1. The Hall–Kier alpha value is -1.51. The maximum atomic E-state index is 12.5. The van der Waals surface area contributed by atoms with Crippen molar-refractivity contribution in [2.45, 2.75) is 58.4 Å². The second-order valence-corrected chi connectivity index (χ2v) is 6.09. The topological polar surface area (TPSA) is 41.1 Å². The van der Waals surface area contributed by atoms with Gasteiger partial charge in [-0.3, -0.25) is 4.79 Å². The maximum Gasteiger partial charge on any atom is 0.253 e. The molecule has 21 heavy (non-hydrogen) atoms. The first kappa shape index (κ1) is 15.9. The summed E-state index contributed by atoms with van der Waals surface area (Å²) in [4.78, 5) is 12.5. The molecule has 1 aliphatic carbocycles. The van der Waals surface area contributed by atoms with E-state index in [4.69, 9.17) is 0 Å². The summed E-state index contributed by atoms with van der Waals surface area (Å²) in [6.45, 7) is 5.02. The van der Waals surface area contributed by atoms with Gasteiger partial charge < -0.3 is 10.6 Å². The molecule has 0 heterocycles. The van der Waals surface area contributed by atoms with Crippen LogP contribution in [0.15, 0.2) is 24.3 Å². The third kappa shape index (κ3) is 4.48. The molecule has 0 aromatic heterocycles. The van der Waals surface area contributed by atoms with Crippen LogP contribution in [0.3, 0.4) is 0 Å². The third-order valence-corrected chi connectivity index (χ3v) is 4.50. The molecule has 2 N–H and O–H groups in total. The molecule has 1 amide bonds. The highest BCUT2D eigenvalue weighted by atomic mass is 16.1. The number of nitrogens with one attached hydrogen (secondary N) is 2. The summed E-state index contributed by atoms with van der Waals surface area (Å²) in [6.07, 6.45) is 7.80. The molecule has 1 aromatic rings. The molecule has 0 bridgehead atoms. The quantitative estimate of drug-likeness (QED) is 0.797. The second kappa shape index (κ2) is 8.06. The molecule has 0 spiro atoms. The van der Waals surface area contributed by atoms with Crippen LogP contribution in [0, 0.1) is 5.92 Å². The van der Waals surface area contributed by atoms with Gasteiger partial charge in [0.05, 0.1) is 5.56 Å². The lowest BCUT2D eigenvalue weighted by molar-refractivity contribution is 0.0924. The first-order valence-electron chi connectivity index (χ1n) is 8.36. The van der Waals surface area contributed by atoms with Gasteiger partial charge in [-0.15, -0.1) is 0 Å². The monoisotopic (exact) mass is 288 g/mol. The Kier molecular flexibility index (Phi) is 6.09. The molecule has 2 rings (SSSR count). The van der Waals surface area contributed by atoms with Crippen LogP contribution in [-0.2, 0) is 0 Å². The van der Waals surface area contributed by atoms with E-state index in [9.17, 15) is 4.79 Å². The van der Waals surface area contributed by atoms with E-state index in [1.807, 2.05) is 31.2 Å². The Morgan fingerprint density at radius 2 is 1.86 bits per heavy atom. The molecule has 1 aromatic carbocycles. The van der Waals surface area contributed by atoms with Crippen molar-refractivity contribution in [2.75, 3.05) is 11.9 Å². The van der Waals surface area contributed by atoms with E-state index in [-0.39, 0.29) is 11.9 Å². The molecule has 0 aliphatic heterocycles. The molecule has 1 atom stereocenters. The first-order chi connectivity index (χ1) is 10.2. The van der Waals surface area contributed by atoms with Gasteiger partial charge in [0.15, 0.2) is 0 Å². The fraction of sp³-hybridized carbons (Fsp3) is 0.611. The summed E-state index contributed by atoms with van der Waals surface area (Å²) in [5.41, 5.74) is 1.67. The minimum absolute atomic E-state index is 0.0447. The van der Waals surface area contributed by atoms with Crippen molar-refractivity contribution in [3.63, 3.8) is 0 Å². The van der Waals surface area contributed by atoms with Crippen molar-refractivity contribution in [1.29, 1.82) is 0 Å². The van der Waals surface area contributed by atoms with Crippen LogP contribution < -0.4 is 10.6 Å². The largest absolute Gasteiger partial charge is 0.385 e. The fourth-order valence-electron chi connectivity index (χ4n) is 3.24. The molecule has 0 radical (unpaired) electrons. The van der Waals surface area contributed by atoms with Crippen LogP contribution in [-0.4, -0.2) is 18.5 Å². The highest BCUT2D eigenvalue weighted by Gasteiger charge is 2.21. The zero-order chi connectivity index (χ0) is 15.1. The highest BCUT2D eigenvalue weighted by molar-refractivity contribution is 5.99. The number of benzene rings is 1. The molecular formula is C18H28N2O. The molecular weight excluding hydrogens is 260 g/mol. The van der Waals surface area contributed by atoms with Crippen LogP contribution in [0.25, 0.3) is 0 Å². The molecule has 3 heteroatoms. The summed E-state index contributed by atoms with van der Waals surface area (Å²) in [5.74, 6) is 0.672. The SMILES string of the molecule is CCNc1ccccc1C(=O)N[C@H](C)C1CCCCCC1. The average Bonchev–Trinajstić information content (AvgIpc) is 2.77. The smallest absolute Gasteiger partial charge is 0.253 e. The van der Waals surface area contributed by atoms with E-state index < -0.39 is 0 Å².